The van der Waals surface area contributed by atoms with Crippen LogP contribution in [0.3, 0.4) is 0 Å². The van der Waals surface area contributed by atoms with Crippen molar-refractivity contribution >= 4 is 35.0 Å². The van der Waals surface area contributed by atoms with Crippen molar-refractivity contribution in [1.29, 1.82) is 0 Å². The molecule has 3 aromatic rings. The Hall–Kier alpha value is -3.44. The normalized spacial score (nSPS) is 11.5. The van der Waals surface area contributed by atoms with Gasteiger partial charge in [-0.2, -0.15) is 0 Å². The second-order valence-electron chi connectivity index (χ2n) is 5.48. The molecule has 0 amide bonds. The molecule has 0 aliphatic rings. The molecule has 0 spiro atoms. The summed E-state index contributed by atoms with van der Waals surface area (Å²) in [7, 11) is 0. The van der Waals surface area contributed by atoms with Crippen molar-refractivity contribution in [1.82, 2.24) is 0 Å². The number of carbonyl (C=O) groups excluding carboxylic acids is 1. The lowest BCUT2D eigenvalue weighted by molar-refractivity contribution is -0.435. The SMILES string of the molecule is O=C(/C=C/c1ccccc1[N+]([O-])=Nc1ccccc1)Oc1ccc(Cl)cc1. The lowest BCUT2D eigenvalue weighted by atomic mass is 10.1. The molecule has 0 heterocycles. The number of esters is 1. The largest absolute Gasteiger partial charge is 0.594 e. The van der Waals surface area contributed by atoms with Crippen molar-refractivity contribution in [2.75, 3.05) is 0 Å². The number of hydrogen-bond donors (Lipinski definition) is 0. The second kappa shape index (κ2) is 8.78. The monoisotopic (exact) mass is 378 g/mol. The topological polar surface area (TPSA) is 64.7 Å². The first-order valence-corrected chi connectivity index (χ1v) is 8.48. The zero-order chi connectivity index (χ0) is 19.1. The standard InChI is InChI=1S/C21H15ClN2O3/c22-17-11-13-19(14-12-17)27-21(25)15-10-16-6-4-5-9-20(16)24(26)23-18-7-2-1-3-8-18/h1-15H/b15-10+,24-23?. The van der Waals surface area contributed by atoms with E-state index in [-0.39, 0.29) is 0 Å². The fraction of sp³-hybridized carbons (Fsp3) is 0. The lowest BCUT2D eigenvalue weighted by Gasteiger charge is -2.04. The number of para-hydroxylation sites is 1. The first kappa shape index (κ1) is 18.4. The zero-order valence-corrected chi connectivity index (χ0v) is 14.9. The number of carbonyl (C=O) groups is 1. The number of azo groups is 1. The summed E-state index contributed by atoms with van der Waals surface area (Å²) in [5, 5.41) is 17.0. The van der Waals surface area contributed by atoms with Gasteiger partial charge in [-0.15, -0.1) is 0 Å². The van der Waals surface area contributed by atoms with E-state index in [2.05, 4.69) is 5.11 Å². The minimum Gasteiger partial charge on any atom is -0.594 e. The highest BCUT2D eigenvalue weighted by Gasteiger charge is 2.10. The fourth-order valence-electron chi connectivity index (χ4n) is 2.27. The van der Waals surface area contributed by atoms with Crippen LogP contribution in [-0.4, -0.2) is 10.8 Å². The first-order chi connectivity index (χ1) is 13.1. The van der Waals surface area contributed by atoms with Gasteiger partial charge in [0.25, 0.3) is 5.69 Å². The summed E-state index contributed by atoms with van der Waals surface area (Å²) >= 11 is 5.80. The average Bonchev–Trinajstić information content (AvgIpc) is 2.69. The number of benzene rings is 3. The molecule has 0 aliphatic carbocycles. The highest BCUT2D eigenvalue weighted by Crippen LogP contribution is 2.23. The molecule has 0 unspecified atom stereocenters. The van der Waals surface area contributed by atoms with Gasteiger partial charge in [-0.05, 0) is 53.4 Å². The molecule has 0 radical (unpaired) electrons. The molecular weight excluding hydrogens is 364 g/mol. The van der Waals surface area contributed by atoms with Crippen LogP contribution in [0.25, 0.3) is 6.08 Å². The van der Waals surface area contributed by atoms with Crippen molar-refractivity contribution < 1.29 is 14.4 Å². The summed E-state index contributed by atoms with van der Waals surface area (Å²) in [4.78, 5) is 12.5. The van der Waals surface area contributed by atoms with Crippen molar-refractivity contribution in [3.8, 4) is 5.75 Å². The van der Waals surface area contributed by atoms with E-state index in [0.717, 1.165) is 0 Å². The molecule has 0 saturated carbocycles. The van der Waals surface area contributed by atoms with Crippen LogP contribution in [0, 0.1) is 5.21 Å². The van der Waals surface area contributed by atoms with E-state index in [4.69, 9.17) is 16.3 Å². The summed E-state index contributed by atoms with van der Waals surface area (Å²) < 4.78 is 5.19. The molecule has 0 bridgehead atoms. The van der Waals surface area contributed by atoms with E-state index in [1.807, 2.05) is 6.07 Å². The van der Waals surface area contributed by atoms with Gasteiger partial charge >= 0.3 is 5.97 Å². The lowest BCUT2D eigenvalue weighted by Crippen LogP contribution is -2.03. The molecule has 27 heavy (non-hydrogen) atoms. The van der Waals surface area contributed by atoms with Crippen LogP contribution in [0.2, 0.25) is 5.02 Å². The number of halogens is 1. The molecule has 5 nitrogen and oxygen atoms in total. The third kappa shape index (κ3) is 5.26. The Bertz CT molecular complexity index is 984. The van der Waals surface area contributed by atoms with Crippen molar-refractivity contribution in [3.05, 3.63) is 101 Å². The Morgan fingerprint density at radius 1 is 0.963 bits per heavy atom. The summed E-state index contributed by atoms with van der Waals surface area (Å²) in [5.74, 6) is -0.184. The van der Waals surface area contributed by atoms with E-state index in [1.165, 1.54) is 12.2 Å². The van der Waals surface area contributed by atoms with Gasteiger partial charge < -0.3 is 9.94 Å². The molecule has 6 heteroatoms. The maximum atomic E-state index is 12.4. The Labute approximate surface area is 161 Å². The fourth-order valence-corrected chi connectivity index (χ4v) is 2.39. The number of ether oxygens (including phenoxy) is 1. The van der Waals surface area contributed by atoms with Crippen LogP contribution >= 0.6 is 11.6 Å². The average molecular weight is 379 g/mol. The van der Waals surface area contributed by atoms with E-state index < -0.39 is 5.97 Å². The van der Waals surface area contributed by atoms with Crippen LogP contribution in [0.4, 0.5) is 11.4 Å². The van der Waals surface area contributed by atoms with Gasteiger partial charge in [0.2, 0.25) is 0 Å². The van der Waals surface area contributed by atoms with Crippen LogP contribution in [-0.2, 0) is 4.79 Å². The summed E-state index contributed by atoms with van der Waals surface area (Å²) in [6.45, 7) is 0. The third-order valence-electron chi connectivity index (χ3n) is 3.54. The predicted molar refractivity (Wildman–Crippen MR) is 104 cm³/mol. The Kier molecular flexibility index (Phi) is 5.97. The van der Waals surface area contributed by atoms with Crippen LogP contribution in [0.15, 0.2) is 90.1 Å². The molecule has 0 N–H and O–H groups in total. The second-order valence-corrected chi connectivity index (χ2v) is 5.91. The van der Waals surface area contributed by atoms with Crippen LogP contribution < -0.4 is 4.74 Å². The Morgan fingerprint density at radius 2 is 1.63 bits per heavy atom. The molecular formula is C21H15ClN2O3. The van der Waals surface area contributed by atoms with Gasteiger partial charge in [-0.1, -0.05) is 41.9 Å². The molecule has 0 atom stereocenters. The molecule has 134 valence electrons. The maximum absolute atomic E-state index is 12.4. The summed E-state index contributed by atoms with van der Waals surface area (Å²) in [6.07, 6.45) is 2.77. The van der Waals surface area contributed by atoms with Crippen LogP contribution in [0.1, 0.15) is 5.56 Å². The van der Waals surface area contributed by atoms with E-state index in [1.54, 1.807) is 72.8 Å². The molecule has 0 aliphatic heterocycles. The number of hydrogen-bond acceptors (Lipinski definition) is 4. The van der Waals surface area contributed by atoms with Gasteiger partial charge in [-0.25, -0.2) is 4.79 Å². The van der Waals surface area contributed by atoms with Gasteiger partial charge in [0.15, 0.2) is 0 Å². The van der Waals surface area contributed by atoms with Gasteiger partial charge in [0, 0.05) is 22.3 Å². The predicted octanol–water partition coefficient (Wildman–Crippen LogP) is 5.88. The van der Waals surface area contributed by atoms with E-state index in [0.29, 0.717) is 32.6 Å². The van der Waals surface area contributed by atoms with E-state index >= 15 is 0 Å². The summed E-state index contributed by atoms with van der Waals surface area (Å²) in [6, 6.07) is 22.2. The molecule has 0 fully saturated rings. The maximum Gasteiger partial charge on any atom is 0.336 e. The van der Waals surface area contributed by atoms with Gasteiger partial charge in [0.05, 0.1) is 5.56 Å². The van der Waals surface area contributed by atoms with Crippen molar-refractivity contribution in [2.24, 2.45) is 5.11 Å². The molecule has 0 saturated heterocycles. The van der Waals surface area contributed by atoms with Gasteiger partial charge in [-0.3, -0.25) is 0 Å². The van der Waals surface area contributed by atoms with Crippen molar-refractivity contribution in [3.63, 3.8) is 0 Å². The molecule has 3 rings (SSSR count). The van der Waals surface area contributed by atoms with E-state index in [9.17, 15) is 10.0 Å². The molecule has 0 aromatic heterocycles. The Balaban J connectivity index is 1.77. The van der Waals surface area contributed by atoms with Crippen molar-refractivity contribution in [2.45, 2.75) is 0 Å². The smallest absolute Gasteiger partial charge is 0.336 e. The zero-order valence-electron chi connectivity index (χ0n) is 14.2. The quantitative estimate of drug-likeness (QED) is 0.139. The first-order valence-electron chi connectivity index (χ1n) is 8.10. The minimum absolute atomic E-state index is 0.317. The Morgan fingerprint density at radius 3 is 2.37 bits per heavy atom. The van der Waals surface area contributed by atoms with Crippen LogP contribution in [0.5, 0.6) is 5.75 Å². The minimum atomic E-state index is -0.565. The van der Waals surface area contributed by atoms with Gasteiger partial charge in [0.1, 0.15) is 11.4 Å². The summed E-state index contributed by atoms with van der Waals surface area (Å²) in [5.41, 5.74) is 1.39. The molecule has 3 aromatic carbocycles. The highest BCUT2D eigenvalue weighted by molar-refractivity contribution is 6.30. The highest BCUT2D eigenvalue weighted by atomic mass is 35.5. The number of rotatable bonds is 5. The third-order valence-corrected chi connectivity index (χ3v) is 3.79. The number of nitrogens with zero attached hydrogens (tertiary/aromatic N) is 2.